The van der Waals surface area contributed by atoms with Crippen LogP contribution < -0.4 is 4.74 Å². The quantitative estimate of drug-likeness (QED) is 0.781. The fraction of sp³-hybridized carbons (Fsp3) is 0.632. The molecule has 3 aliphatic rings. The zero-order valence-electron chi connectivity index (χ0n) is 13.3. The molecule has 0 aromatic heterocycles. The van der Waals surface area contributed by atoms with Crippen LogP contribution >= 0.6 is 0 Å². The summed E-state index contributed by atoms with van der Waals surface area (Å²) >= 11 is 0. The minimum Gasteiger partial charge on any atom is -0.497 e. The first-order chi connectivity index (χ1) is 10.5. The van der Waals surface area contributed by atoms with Crippen LogP contribution in [0.2, 0.25) is 0 Å². The lowest BCUT2D eigenvalue weighted by molar-refractivity contribution is -0.132. The van der Waals surface area contributed by atoms with Gasteiger partial charge >= 0.3 is 0 Å². The molecule has 2 fully saturated rings. The van der Waals surface area contributed by atoms with E-state index in [9.17, 15) is 9.18 Å². The first-order valence-corrected chi connectivity index (χ1v) is 8.40. The molecule has 1 aromatic rings. The third kappa shape index (κ3) is 1.80. The molecule has 0 N–H and O–H groups in total. The highest BCUT2D eigenvalue weighted by Crippen LogP contribution is 2.60. The van der Waals surface area contributed by atoms with Gasteiger partial charge in [-0.25, -0.2) is 4.39 Å². The minimum absolute atomic E-state index is 0.128. The fourth-order valence-electron chi connectivity index (χ4n) is 5.43. The smallest absolute Gasteiger partial charge is 0.173 e. The van der Waals surface area contributed by atoms with Crippen LogP contribution in [0.1, 0.15) is 49.7 Å². The average molecular weight is 302 g/mol. The zero-order chi connectivity index (χ0) is 15.5. The lowest BCUT2D eigenvalue weighted by atomic mass is 9.55. The summed E-state index contributed by atoms with van der Waals surface area (Å²) in [5, 5.41) is 0. The van der Waals surface area contributed by atoms with Crippen LogP contribution in [-0.4, -0.2) is 19.1 Å². The molecular formula is C19H23FO2. The molecule has 1 aromatic carbocycles. The molecule has 0 bridgehead atoms. The lowest BCUT2D eigenvalue weighted by Crippen LogP contribution is -2.42. The molecular weight excluding hydrogens is 279 g/mol. The highest BCUT2D eigenvalue weighted by molar-refractivity contribution is 5.91. The Morgan fingerprint density at radius 1 is 1.32 bits per heavy atom. The van der Waals surface area contributed by atoms with Crippen molar-refractivity contribution in [3.63, 3.8) is 0 Å². The van der Waals surface area contributed by atoms with E-state index in [1.165, 1.54) is 11.1 Å². The van der Waals surface area contributed by atoms with Crippen LogP contribution in [0.4, 0.5) is 4.39 Å². The molecule has 0 spiro atoms. The maximum absolute atomic E-state index is 14.1. The van der Waals surface area contributed by atoms with E-state index in [0.29, 0.717) is 18.3 Å². The summed E-state index contributed by atoms with van der Waals surface area (Å²) in [6, 6.07) is 6.38. The molecule has 4 rings (SSSR count). The molecule has 2 saturated carbocycles. The second kappa shape index (κ2) is 4.81. The van der Waals surface area contributed by atoms with E-state index < -0.39 is 11.6 Å². The number of carbonyl (C=O) groups excluding carboxylic acids is 1. The highest BCUT2D eigenvalue weighted by atomic mass is 19.1. The molecule has 0 heterocycles. The van der Waals surface area contributed by atoms with Crippen molar-refractivity contribution in [2.45, 2.75) is 51.1 Å². The Labute approximate surface area is 131 Å². The van der Waals surface area contributed by atoms with Crippen LogP contribution in [0.3, 0.4) is 0 Å². The topological polar surface area (TPSA) is 26.3 Å². The molecule has 0 aliphatic heterocycles. The number of ketones is 1. The summed E-state index contributed by atoms with van der Waals surface area (Å²) in [6.07, 6.45) is 3.16. The minimum atomic E-state index is -1.23. The first kappa shape index (κ1) is 14.2. The van der Waals surface area contributed by atoms with Crippen LogP contribution in [0.25, 0.3) is 0 Å². The van der Waals surface area contributed by atoms with E-state index in [4.69, 9.17) is 4.74 Å². The van der Waals surface area contributed by atoms with Gasteiger partial charge in [-0.15, -0.1) is 0 Å². The van der Waals surface area contributed by atoms with Gasteiger partial charge in [-0.05, 0) is 73.1 Å². The van der Waals surface area contributed by atoms with Crippen LogP contribution in [0, 0.1) is 17.3 Å². The monoisotopic (exact) mass is 302 g/mol. The molecule has 2 nitrogen and oxygen atoms in total. The van der Waals surface area contributed by atoms with Crippen molar-refractivity contribution in [2.75, 3.05) is 7.11 Å². The molecule has 0 unspecified atom stereocenters. The molecule has 0 saturated heterocycles. The average Bonchev–Trinajstić information content (AvgIpc) is 2.77. The van der Waals surface area contributed by atoms with Crippen molar-refractivity contribution in [2.24, 2.45) is 17.3 Å². The molecule has 3 aliphatic carbocycles. The number of halogens is 1. The predicted molar refractivity (Wildman–Crippen MR) is 82.9 cm³/mol. The normalized spacial score (nSPS) is 39.9. The van der Waals surface area contributed by atoms with Gasteiger partial charge < -0.3 is 4.74 Å². The lowest BCUT2D eigenvalue weighted by Gasteiger charge is -2.48. The first-order valence-electron chi connectivity index (χ1n) is 8.40. The van der Waals surface area contributed by atoms with Crippen molar-refractivity contribution in [1.82, 2.24) is 0 Å². The third-order valence-corrected chi connectivity index (χ3v) is 6.63. The maximum atomic E-state index is 14.1. The second-order valence-corrected chi connectivity index (χ2v) is 7.50. The summed E-state index contributed by atoms with van der Waals surface area (Å²) < 4.78 is 19.4. The molecule has 22 heavy (non-hydrogen) atoms. The summed E-state index contributed by atoms with van der Waals surface area (Å²) in [7, 11) is 1.70. The van der Waals surface area contributed by atoms with E-state index >= 15 is 0 Å². The zero-order valence-corrected chi connectivity index (χ0v) is 13.3. The predicted octanol–water partition coefficient (Wildman–Crippen LogP) is 4.07. The Morgan fingerprint density at radius 3 is 2.91 bits per heavy atom. The van der Waals surface area contributed by atoms with E-state index in [-0.39, 0.29) is 11.7 Å². The molecule has 3 heteroatoms. The second-order valence-electron chi connectivity index (χ2n) is 7.50. The Kier molecular flexibility index (Phi) is 3.11. The number of methoxy groups -OCH3 is 1. The standard InChI is InChI=1S/C19H23FO2/c1-19-8-7-14-13-6-4-12(22-2)9-11(13)3-5-15(14)16(19)10-17(20)18(19)21/h4,6,9,14-17H,3,5,7-8,10H2,1-2H3/t14-,15-,16+,17+,19+/m1/s1. The number of hydrogen-bond donors (Lipinski definition) is 0. The Bertz CT molecular complexity index is 626. The highest BCUT2D eigenvalue weighted by Gasteiger charge is 2.58. The SMILES string of the molecule is COc1ccc2c(c1)CC[C@@H]1[C@@H]2CC[C@]2(C)C(=O)[C@@H](F)C[C@@H]12. The van der Waals surface area contributed by atoms with Gasteiger partial charge in [0.2, 0.25) is 0 Å². The molecule has 0 amide bonds. The number of fused-ring (bicyclic) bond motifs is 5. The van der Waals surface area contributed by atoms with E-state index in [1.807, 2.05) is 13.0 Å². The van der Waals surface area contributed by atoms with Gasteiger partial charge in [-0.3, -0.25) is 4.79 Å². The van der Waals surface area contributed by atoms with Gasteiger partial charge in [0.15, 0.2) is 12.0 Å². The maximum Gasteiger partial charge on any atom is 0.173 e. The summed E-state index contributed by atoms with van der Waals surface area (Å²) in [5.41, 5.74) is 2.38. The van der Waals surface area contributed by atoms with E-state index in [1.54, 1.807) is 7.11 Å². The van der Waals surface area contributed by atoms with Crippen LogP contribution in [0.15, 0.2) is 18.2 Å². The van der Waals surface area contributed by atoms with Gasteiger partial charge in [0.1, 0.15) is 5.75 Å². The number of rotatable bonds is 1. The van der Waals surface area contributed by atoms with Gasteiger partial charge in [0.05, 0.1) is 7.11 Å². The van der Waals surface area contributed by atoms with Crippen LogP contribution in [-0.2, 0) is 11.2 Å². The molecule has 0 radical (unpaired) electrons. The number of Topliss-reactive ketones (excluding diaryl/α,β-unsaturated/α-hetero) is 1. The van der Waals surface area contributed by atoms with Gasteiger partial charge in [-0.2, -0.15) is 0 Å². The van der Waals surface area contributed by atoms with Crippen molar-refractivity contribution < 1.29 is 13.9 Å². The molecule has 118 valence electrons. The number of ether oxygens (including phenoxy) is 1. The van der Waals surface area contributed by atoms with Crippen LogP contribution in [0.5, 0.6) is 5.75 Å². The number of benzene rings is 1. The largest absolute Gasteiger partial charge is 0.497 e. The van der Waals surface area contributed by atoms with Crippen molar-refractivity contribution in [3.05, 3.63) is 29.3 Å². The Morgan fingerprint density at radius 2 is 2.14 bits per heavy atom. The van der Waals surface area contributed by atoms with Crippen molar-refractivity contribution >= 4 is 5.78 Å². The number of carbonyl (C=O) groups is 1. The van der Waals surface area contributed by atoms with Gasteiger partial charge in [0.25, 0.3) is 0 Å². The molecule has 5 atom stereocenters. The van der Waals surface area contributed by atoms with Gasteiger partial charge in [0, 0.05) is 5.41 Å². The van der Waals surface area contributed by atoms with Crippen molar-refractivity contribution in [1.29, 1.82) is 0 Å². The Hall–Kier alpha value is -1.38. The number of hydrogen-bond acceptors (Lipinski definition) is 2. The number of aryl methyl sites for hydroxylation is 1. The van der Waals surface area contributed by atoms with Crippen molar-refractivity contribution in [3.8, 4) is 5.75 Å². The summed E-state index contributed by atoms with van der Waals surface area (Å²) in [5.74, 6) is 1.97. The van der Waals surface area contributed by atoms with E-state index in [0.717, 1.165) is 31.4 Å². The van der Waals surface area contributed by atoms with E-state index in [2.05, 4.69) is 12.1 Å². The summed E-state index contributed by atoms with van der Waals surface area (Å²) in [4.78, 5) is 12.3. The Balaban J connectivity index is 1.70. The van der Waals surface area contributed by atoms with Gasteiger partial charge in [-0.1, -0.05) is 13.0 Å². The third-order valence-electron chi connectivity index (χ3n) is 6.63. The number of alkyl halides is 1. The summed E-state index contributed by atoms with van der Waals surface area (Å²) in [6.45, 7) is 2.01. The fourth-order valence-corrected chi connectivity index (χ4v) is 5.43.